The Hall–Kier alpha value is -0.160. The Morgan fingerprint density at radius 1 is 1.39 bits per heavy atom. The lowest BCUT2D eigenvalue weighted by Gasteiger charge is -2.43. The van der Waals surface area contributed by atoms with Crippen LogP contribution in [0.25, 0.3) is 0 Å². The lowest BCUT2D eigenvalue weighted by molar-refractivity contribution is 0.0384. The van der Waals surface area contributed by atoms with Gasteiger partial charge in [-0.3, -0.25) is 4.90 Å². The second-order valence-electron chi connectivity index (χ2n) is 5.85. The largest absolute Gasteiger partial charge is 0.379 e. The van der Waals surface area contributed by atoms with Crippen molar-refractivity contribution in [2.45, 2.75) is 44.8 Å². The average Bonchev–Trinajstić information content (AvgIpc) is 2.40. The quantitative estimate of drug-likeness (QED) is 0.803. The van der Waals surface area contributed by atoms with Gasteiger partial charge in [-0.15, -0.1) is 0 Å². The van der Waals surface area contributed by atoms with Crippen LogP contribution in [0.2, 0.25) is 0 Å². The zero-order valence-electron chi connectivity index (χ0n) is 12.2. The molecular formula is C14H29N3O. The summed E-state index contributed by atoms with van der Waals surface area (Å²) in [7, 11) is 2.26. The van der Waals surface area contributed by atoms with Crippen molar-refractivity contribution < 1.29 is 4.74 Å². The van der Waals surface area contributed by atoms with Gasteiger partial charge in [0, 0.05) is 44.3 Å². The van der Waals surface area contributed by atoms with E-state index in [1.807, 2.05) is 0 Å². The smallest absolute Gasteiger partial charge is 0.0620 e. The fourth-order valence-electron chi connectivity index (χ4n) is 3.14. The Bertz CT molecular complexity index is 243. The summed E-state index contributed by atoms with van der Waals surface area (Å²) < 4.78 is 5.54. The molecule has 0 aromatic carbocycles. The lowest BCUT2D eigenvalue weighted by Crippen LogP contribution is -2.55. The monoisotopic (exact) mass is 255 g/mol. The molecular weight excluding hydrogens is 226 g/mol. The van der Waals surface area contributed by atoms with E-state index in [1.54, 1.807) is 0 Å². The van der Waals surface area contributed by atoms with E-state index in [0.717, 1.165) is 25.8 Å². The van der Waals surface area contributed by atoms with Gasteiger partial charge in [0.2, 0.25) is 0 Å². The Labute approximate surface area is 112 Å². The van der Waals surface area contributed by atoms with Gasteiger partial charge >= 0.3 is 0 Å². The molecule has 0 aromatic rings. The number of ether oxygens (including phenoxy) is 1. The molecule has 0 radical (unpaired) electrons. The van der Waals surface area contributed by atoms with Gasteiger partial charge < -0.3 is 15.0 Å². The molecule has 2 rings (SSSR count). The molecule has 2 aliphatic rings. The summed E-state index contributed by atoms with van der Waals surface area (Å²) in [4.78, 5) is 5.16. The van der Waals surface area contributed by atoms with Crippen molar-refractivity contribution in [2.24, 2.45) is 0 Å². The Morgan fingerprint density at radius 2 is 2.22 bits per heavy atom. The van der Waals surface area contributed by atoms with Crippen molar-refractivity contribution in [1.29, 1.82) is 0 Å². The molecule has 3 unspecified atom stereocenters. The van der Waals surface area contributed by atoms with Crippen molar-refractivity contribution >= 4 is 0 Å². The zero-order valence-corrected chi connectivity index (χ0v) is 12.2. The van der Waals surface area contributed by atoms with Crippen LogP contribution in [0.1, 0.15) is 26.7 Å². The van der Waals surface area contributed by atoms with E-state index in [1.165, 1.54) is 32.5 Å². The first-order valence-corrected chi connectivity index (χ1v) is 7.46. The van der Waals surface area contributed by atoms with Gasteiger partial charge in [0.15, 0.2) is 0 Å². The molecule has 0 amide bonds. The molecule has 0 aromatic heterocycles. The van der Waals surface area contributed by atoms with Crippen LogP contribution in [0.4, 0.5) is 0 Å². The topological polar surface area (TPSA) is 27.7 Å². The number of likely N-dealkylation sites (N-methyl/N-ethyl adjacent to an activating group) is 1. The van der Waals surface area contributed by atoms with Gasteiger partial charge in [-0.2, -0.15) is 0 Å². The fourth-order valence-corrected chi connectivity index (χ4v) is 3.14. The summed E-state index contributed by atoms with van der Waals surface area (Å²) in [5.41, 5.74) is 0. The van der Waals surface area contributed by atoms with E-state index in [0.29, 0.717) is 12.1 Å². The van der Waals surface area contributed by atoms with Crippen LogP contribution < -0.4 is 5.32 Å². The highest BCUT2D eigenvalue weighted by Crippen LogP contribution is 2.16. The highest BCUT2D eigenvalue weighted by molar-refractivity contribution is 4.84. The second-order valence-corrected chi connectivity index (χ2v) is 5.85. The second kappa shape index (κ2) is 6.85. The predicted octanol–water partition coefficient (Wildman–Crippen LogP) is 0.779. The van der Waals surface area contributed by atoms with Crippen molar-refractivity contribution in [1.82, 2.24) is 15.1 Å². The van der Waals surface area contributed by atoms with Gasteiger partial charge in [0.05, 0.1) is 13.2 Å². The molecule has 2 saturated heterocycles. The lowest BCUT2D eigenvalue weighted by atomic mass is 10.0. The Kier molecular flexibility index (Phi) is 5.42. The summed E-state index contributed by atoms with van der Waals surface area (Å²) in [6.45, 7) is 11.1. The van der Waals surface area contributed by atoms with Crippen LogP contribution in [0.3, 0.4) is 0 Å². The normalized spacial score (nSPS) is 33.5. The molecule has 2 fully saturated rings. The molecule has 3 atom stereocenters. The molecule has 0 bridgehead atoms. The molecule has 4 nitrogen and oxygen atoms in total. The molecule has 106 valence electrons. The third-order valence-electron chi connectivity index (χ3n) is 4.53. The summed E-state index contributed by atoms with van der Waals surface area (Å²) in [6, 6.07) is 1.94. The van der Waals surface area contributed by atoms with Gasteiger partial charge in [0.1, 0.15) is 0 Å². The summed E-state index contributed by atoms with van der Waals surface area (Å²) in [5.74, 6) is 0. The highest BCUT2D eigenvalue weighted by atomic mass is 16.5. The summed E-state index contributed by atoms with van der Waals surface area (Å²) >= 11 is 0. The number of morpholine rings is 1. The maximum Gasteiger partial charge on any atom is 0.0620 e. The van der Waals surface area contributed by atoms with Crippen molar-refractivity contribution in [3.63, 3.8) is 0 Å². The number of rotatable bonds is 4. The third kappa shape index (κ3) is 3.67. The first kappa shape index (κ1) is 14.3. The minimum absolute atomic E-state index is 0.550. The Morgan fingerprint density at radius 3 is 2.89 bits per heavy atom. The van der Waals surface area contributed by atoms with E-state index >= 15 is 0 Å². The van der Waals surface area contributed by atoms with E-state index in [-0.39, 0.29) is 0 Å². The van der Waals surface area contributed by atoms with Gasteiger partial charge in [-0.05, 0) is 26.8 Å². The van der Waals surface area contributed by atoms with E-state index < -0.39 is 0 Å². The first-order chi connectivity index (χ1) is 8.70. The number of piperazine rings is 1. The van der Waals surface area contributed by atoms with Gasteiger partial charge in [-0.25, -0.2) is 0 Å². The van der Waals surface area contributed by atoms with E-state index in [2.05, 4.69) is 36.0 Å². The zero-order chi connectivity index (χ0) is 13.0. The minimum Gasteiger partial charge on any atom is -0.379 e. The fraction of sp³-hybridized carbons (Fsp3) is 1.00. The van der Waals surface area contributed by atoms with E-state index in [4.69, 9.17) is 4.74 Å². The number of hydrogen-bond donors (Lipinski definition) is 1. The molecule has 18 heavy (non-hydrogen) atoms. The van der Waals surface area contributed by atoms with Gasteiger partial charge in [-0.1, -0.05) is 6.92 Å². The standard InChI is InChI=1S/C14H29N3O/c1-4-14-10-17(7-6-16(14)3)12(2)9-13-11-18-8-5-15-13/h12-15H,4-11H2,1-3H3. The average molecular weight is 255 g/mol. The van der Waals surface area contributed by atoms with Crippen LogP contribution >= 0.6 is 0 Å². The van der Waals surface area contributed by atoms with Crippen LogP contribution in [0.5, 0.6) is 0 Å². The first-order valence-electron chi connectivity index (χ1n) is 7.46. The minimum atomic E-state index is 0.550. The molecule has 0 spiro atoms. The SMILES string of the molecule is CCC1CN(C(C)CC2COCCN2)CCN1C. The predicted molar refractivity (Wildman–Crippen MR) is 75.0 cm³/mol. The Balaban J connectivity index is 1.79. The van der Waals surface area contributed by atoms with Gasteiger partial charge in [0.25, 0.3) is 0 Å². The number of nitrogens with zero attached hydrogens (tertiary/aromatic N) is 2. The summed E-state index contributed by atoms with van der Waals surface area (Å²) in [5, 5.41) is 3.56. The summed E-state index contributed by atoms with van der Waals surface area (Å²) in [6.07, 6.45) is 2.46. The number of hydrogen-bond acceptors (Lipinski definition) is 4. The maximum atomic E-state index is 5.54. The molecule has 0 saturated carbocycles. The molecule has 0 aliphatic carbocycles. The van der Waals surface area contributed by atoms with Crippen LogP contribution in [0.15, 0.2) is 0 Å². The van der Waals surface area contributed by atoms with Crippen molar-refractivity contribution in [3.8, 4) is 0 Å². The van der Waals surface area contributed by atoms with Crippen molar-refractivity contribution in [2.75, 3.05) is 46.4 Å². The highest BCUT2D eigenvalue weighted by Gasteiger charge is 2.27. The van der Waals surface area contributed by atoms with Crippen LogP contribution in [-0.2, 0) is 4.74 Å². The van der Waals surface area contributed by atoms with E-state index in [9.17, 15) is 0 Å². The molecule has 2 heterocycles. The van der Waals surface area contributed by atoms with Crippen LogP contribution in [-0.4, -0.2) is 74.4 Å². The molecule has 4 heteroatoms. The van der Waals surface area contributed by atoms with Crippen molar-refractivity contribution in [3.05, 3.63) is 0 Å². The molecule has 2 aliphatic heterocycles. The third-order valence-corrected chi connectivity index (χ3v) is 4.53. The maximum absolute atomic E-state index is 5.54. The number of nitrogens with one attached hydrogen (secondary N) is 1. The van der Waals surface area contributed by atoms with Crippen LogP contribution in [0, 0.1) is 0 Å². The molecule has 1 N–H and O–H groups in total.